The monoisotopic (exact) mass is 235 g/mol. The van der Waals surface area contributed by atoms with Gasteiger partial charge in [0.2, 0.25) is 0 Å². The fraction of sp³-hybridized carbons (Fsp3) is 0.667. The second-order valence-electron chi connectivity index (χ2n) is 4.86. The molecule has 1 aromatic heterocycles. The minimum atomic E-state index is 0.433. The highest BCUT2D eigenvalue weighted by atomic mass is 15.2. The van der Waals surface area contributed by atoms with Crippen molar-refractivity contribution in [2.45, 2.75) is 32.9 Å². The number of nitrogens with zero attached hydrogens (tertiary/aromatic N) is 3. The van der Waals surface area contributed by atoms with Crippen LogP contribution in [-0.2, 0) is 0 Å². The topological polar surface area (TPSA) is 53.1 Å². The molecule has 5 nitrogen and oxygen atoms in total. The zero-order valence-corrected chi connectivity index (χ0v) is 11.0. The molecule has 0 saturated carbocycles. The summed E-state index contributed by atoms with van der Waals surface area (Å²) in [5.74, 6) is 2.71. The molecule has 5 heteroatoms. The van der Waals surface area contributed by atoms with Crippen molar-refractivity contribution in [3.05, 3.63) is 11.9 Å². The molecule has 1 aromatic rings. The van der Waals surface area contributed by atoms with Crippen molar-refractivity contribution in [3.8, 4) is 0 Å². The Morgan fingerprint density at radius 3 is 2.65 bits per heavy atom. The Kier molecular flexibility index (Phi) is 3.47. The third-order valence-corrected chi connectivity index (χ3v) is 3.09. The normalized spacial score (nSPS) is 15.8. The van der Waals surface area contributed by atoms with E-state index in [0.717, 1.165) is 30.5 Å². The van der Waals surface area contributed by atoms with Crippen LogP contribution < -0.4 is 15.5 Å². The maximum atomic E-state index is 4.47. The summed E-state index contributed by atoms with van der Waals surface area (Å²) in [6.07, 6.45) is 0. The van der Waals surface area contributed by atoms with E-state index in [-0.39, 0.29) is 0 Å². The third kappa shape index (κ3) is 2.85. The van der Waals surface area contributed by atoms with Gasteiger partial charge >= 0.3 is 0 Å². The number of hydrogen-bond donors (Lipinski definition) is 2. The molecular weight excluding hydrogens is 214 g/mol. The summed E-state index contributed by atoms with van der Waals surface area (Å²) in [5.41, 5.74) is 0. The van der Waals surface area contributed by atoms with Gasteiger partial charge in [-0.1, -0.05) is 0 Å². The molecule has 2 heterocycles. The van der Waals surface area contributed by atoms with Gasteiger partial charge in [-0.25, -0.2) is 9.97 Å². The Bertz CT molecular complexity index is 386. The number of anilines is 2. The van der Waals surface area contributed by atoms with Crippen LogP contribution in [0.1, 0.15) is 19.7 Å². The van der Waals surface area contributed by atoms with Crippen LogP contribution in [0, 0.1) is 6.92 Å². The second-order valence-corrected chi connectivity index (χ2v) is 4.86. The van der Waals surface area contributed by atoms with E-state index in [9.17, 15) is 0 Å². The largest absolute Gasteiger partial charge is 0.365 e. The minimum Gasteiger partial charge on any atom is -0.365 e. The van der Waals surface area contributed by atoms with E-state index in [1.807, 2.05) is 13.0 Å². The smallest absolute Gasteiger partial charge is 0.134 e. The Balaban J connectivity index is 2.16. The van der Waals surface area contributed by atoms with Crippen LogP contribution in [0.25, 0.3) is 0 Å². The van der Waals surface area contributed by atoms with E-state index >= 15 is 0 Å². The lowest BCUT2D eigenvalue weighted by atomic mass is 10.2. The van der Waals surface area contributed by atoms with Crippen molar-refractivity contribution < 1.29 is 0 Å². The van der Waals surface area contributed by atoms with E-state index in [0.29, 0.717) is 12.1 Å². The molecule has 1 fully saturated rings. The van der Waals surface area contributed by atoms with Crippen LogP contribution in [0.3, 0.4) is 0 Å². The number of hydrogen-bond acceptors (Lipinski definition) is 5. The first-order valence-electron chi connectivity index (χ1n) is 6.12. The lowest BCUT2D eigenvalue weighted by Crippen LogP contribution is -2.51. The number of aryl methyl sites for hydroxylation is 1. The van der Waals surface area contributed by atoms with Crippen LogP contribution in [0.5, 0.6) is 0 Å². The Labute approximate surface area is 103 Å². The maximum Gasteiger partial charge on any atom is 0.134 e. The molecule has 0 radical (unpaired) electrons. The van der Waals surface area contributed by atoms with Crippen molar-refractivity contribution in [1.82, 2.24) is 15.3 Å². The summed E-state index contributed by atoms with van der Waals surface area (Å²) in [4.78, 5) is 11.0. The zero-order valence-electron chi connectivity index (χ0n) is 11.0. The average molecular weight is 235 g/mol. The fourth-order valence-corrected chi connectivity index (χ4v) is 1.67. The van der Waals surface area contributed by atoms with Crippen molar-refractivity contribution >= 4 is 11.6 Å². The molecule has 2 rings (SSSR count). The van der Waals surface area contributed by atoms with Gasteiger partial charge in [0.1, 0.15) is 17.5 Å². The lowest BCUT2D eigenvalue weighted by molar-refractivity contribution is 0.471. The first-order chi connectivity index (χ1) is 8.06. The Morgan fingerprint density at radius 1 is 1.41 bits per heavy atom. The number of rotatable bonds is 4. The molecule has 0 spiro atoms. The molecule has 1 aliphatic heterocycles. The van der Waals surface area contributed by atoms with Crippen LogP contribution in [0.15, 0.2) is 6.07 Å². The predicted molar refractivity (Wildman–Crippen MR) is 70.6 cm³/mol. The molecular formula is C12H21N5. The fourth-order valence-electron chi connectivity index (χ4n) is 1.67. The SMILES string of the molecule is Cc1nc(NC2CNC2)cc(N(C)C(C)C)n1. The Morgan fingerprint density at radius 2 is 2.12 bits per heavy atom. The molecule has 1 aliphatic rings. The molecule has 94 valence electrons. The third-order valence-electron chi connectivity index (χ3n) is 3.09. The van der Waals surface area contributed by atoms with Crippen LogP contribution in [-0.4, -0.2) is 42.2 Å². The van der Waals surface area contributed by atoms with Crippen molar-refractivity contribution in [3.63, 3.8) is 0 Å². The number of nitrogens with one attached hydrogen (secondary N) is 2. The highest BCUT2D eigenvalue weighted by Crippen LogP contribution is 2.17. The van der Waals surface area contributed by atoms with E-state index in [1.54, 1.807) is 0 Å². The van der Waals surface area contributed by atoms with Gasteiger partial charge in [-0.2, -0.15) is 0 Å². The van der Waals surface area contributed by atoms with Gasteiger partial charge in [0.15, 0.2) is 0 Å². The highest BCUT2D eigenvalue weighted by molar-refractivity contribution is 5.50. The van der Waals surface area contributed by atoms with Gasteiger partial charge < -0.3 is 15.5 Å². The zero-order chi connectivity index (χ0) is 12.4. The predicted octanol–water partition coefficient (Wildman–Crippen LogP) is 1.01. The molecule has 0 unspecified atom stereocenters. The second kappa shape index (κ2) is 4.87. The first kappa shape index (κ1) is 12.1. The summed E-state index contributed by atoms with van der Waals surface area (Å²) in [6, 6.07) is 2.95. The summed E-state index contributed by atoms with van der Waals surface area (Å²) in [7, 11) is 2.06. The van der Waals surface area contributed by atoms with Gasteiger partial charge in [0.25, 0.3) is 0 Å². The van der Waals surface area contributed by atoms with Gasteiger partial charge in [-0.3, -0.25) is 0 Å². The average Bonchev–Trinajstić information content (AvgIpc) is 2.21. The van der Waals surface area contributed by atoms with Gasteiger partial charge in [0, 0.05) is 32.2 Å². The molecule has 0 aliphatic carbocycles. The van der Waals surface area contributed by atoms with E-state index in [1.165, 1.54) is 0 Å². The van der Waals surface area contributed by atoms with E-state index < -0.39 is 0 Å². The summed E-state index contributed by atoms with van der Waals surface area (Å²) in [6.45, 7) is 8.26. The molecule has 2 N–H and O–H groups in total. The maximum absolute atomic E-state index is 4.47. The Hall–Kier alpha value is -1.36. The van der Waals surface area contributed by atoms with Crippen molar-refractivity contribution in [2.24, 2.45) is 0 Å². The van der Waals surface area contributed by atoms with Gasteiger partial charge in [-0.05, 0) is 20.8 Å². The molecule has 0 bridgehead atoms. The molecule has 17 heavy (non-hydrogen) atoms. The van der Waals surface area contributed by atoms with E-state index in [4.69, 9.17) is 0 Å². The van der Waals surface area contributed by atoms with Crippen molar-refractivity contribution in [1.29, 1.82) is 0 Å². The molecule has 0 atom stereocenters. The number of aromatic nitrogens is 2. The molecule has 1 saturated heterocycles. The molecule has 0 aromatic carbocycles. The summed E-state index contributed by atoms with van der Waals surface area (Å²) < 4.78 is 0. The summed E-state index contributed by atoms with van der Waals surface area (Å²) >= 11 is 0. The minimum absolute atomic E-state index is 0.433. The quantitative estimate of drug-likeness (QED) is 0.816. The first-order valence-corrected chi connectivity index (χ1v) is 6.12. The highest BCUT2D eigenvalue weighted by Gasteiger charge is 2.17. The van der Waals surface area contributed by atoms with Crippen molar-refractivity contribution in [2.75, 3.05) is 30.4 Å². The van der Waals surface area contributed by atoms with Gasteiger partial charge in [0.05, 0.1) is 6.04 Å². The van der Waals surface area contributed by atoms with Gasteiger partial charge in [-0.15, -0.1) is 0 Å². The molecule has 0 amide bonds. The lowest BCUT2D eigenvalue weighted by Gasteiger charge is -2.29. The van der Waals surface area contributed by atoms with E-state index in [2.05, 4.69) is 46.4 Å². The standard InChI is InChI=1S/C12H21N5/c1-8(2)17(4)12-5-11(14-9(3)15-12)16-10-6-13-7-10/h5,8,10,13H,6-7H2,1-4H3,(H,14,15,16). The summed E-state index contributed by atoms with van der Waals surface area (Å²) in [5, 5.41) is 6.65. The van der Waals surface area contributed by atoms with Crippen LogP contribution >= 0.6 is 0 Å². The van der Waals surface area contributed by atoms with Crippen LogP contribution in [0.4, 0.5) is 11.6 Å². The van der Waals surface area contributed by atoms with Crippen LogP contribution in [0.2, 0.25) is 0 Å².